The molecule has 0 saturated heterocycles. The lowest BCUT2D eigenvalue weighted by molar-refractivity contribution is 0.196. The van der Waals surface area contributed by atoms with Crippen LogP contribution in [0, 0.1) is 0 Å². The third-order valence-corrected chi connectivity index (χ3v) is 5.86. The van der Waals surface area contributed by atoms with Crippen LogP contribution in [0.2, 0.25) is 0 Å². The Morgan fingerprint density at radius 2 is 2.00 bits per heavy atom. The molecule has 170 valence electrons. The summed E-state index contributed by atoms with van der Waals surface area (Å²) in [6, 6.07) is 9.52. The zero-order valence-electron chi connectivity index (χ0n) is 18.3. The van der Waals surface area contributed by atoms with Crippen LogP contribution in [0.15, 0.2) is 44.4 Å². The van der Waals surface area contributed by atoms with Gasteiger partial charge in [-0.25, -0.2) is 4.79 Å². The molecular weight excluding hydrogens is 410 g/mol. The molecule has 1 aliphatic rings. The molecule has 0 amide bonds. The Bertz CT molecular complexity index is 1170. The number of aromatic amines is 1. The molecule has 0 bridgehead atoms. The molecule has 1 aliphatic carbocycles. The van der Waals surface area contributed by atoms with Gasteiger partial charge < -0.3 is 19.9 Å². The molecule has 2 heterocycles. The van der Waals surface area contributed by atoms with E-state index in [2.05, 4.69) is 10.1 Å². The topological polar surface area (TPSA) is 119 Å². The maximum absolute atomic E-state index is 12.9. The highest BCUT2D eigenvalue weighted by Gasteiger charge is 2.24. The summed E-state index contributed by atoms with van der Waals surface area (Å²) in [6.07, 6.45) is 4.68. The monoisotopic (exact) mass is 439 g/mol. The second-order valence-electron chi connectivity index (χ2n) is 8.07. The number of ether oxygens (including phenoxy) is 1. The van der Waals surface area contributed by atoms with Gasteiger partial charge in [0.2, 0.25) is 0 Å². The zero-order chi connectivity index (χ0) is 22.5. The number of hydrogen-bond acceptors (Lipinski definition) is 7. The molecule has 32 heavy (non-hydrogen) atoms. The molecule has 0 radical (unpaired) electrons. The molecule has 1 aromatic carbocycles. The maximum Gasteiger partial charge on any atom is 0.330 e. The first-order valence-corrected chi connectivity index (χ1v) is 10.9. The minimum Gasteiger partial charge on any atom is -0.385 e. The van der Waals surface area contributed by atoms with Gasteiger partial charge in [-0.05, 0) is 31.2 Å². The van der Waals surface area contributed by atoms with Crippen molar-refractivity contribution < 1.29 is 9.26 Å². The summed E-state index contributed by atoms with van der Waals surface area (Å²) < 4.78 is 12.2. The fraction of sp³-hybridized carbons (Fsp3) is 0.435. The van der Waals surface area contributed by atoms with Crippen molar-refractivity contribution in [1.29, 1.82) is 0 Å². The van der Waals surface area contributed by atoms with Crippen LogP contribution in [0.4, 0.5) is 11.5 Å². The predicted octanol–water partition coefficient (Wildman–Crippen LogP) is 2.08. The van der Waals surface area contributed by atoms with E-state index in [1.54, 1.807) is 7.11 Å². The van der Waals surface area contributed by atoms with E-state index in [1.807, 2.05) is 35.2 Å². The number of nitrogens with one attached hydrogen (secondary N) is 1. The van der Waals surface area contributed by atoms with Crippen molar-refractivity contribution in [3.8, 4) is 0 Å². The van der Waals surface area contributed by atoms with Crippen molar-refractivity contribution in [2.24, 2.45) is 0 Å². The van der Waals surface area contributed by atoms with Gasteiger partial charge in [-0.2, -0.15) is 0 Å². The number of aromatic nitrogens is 3. The Hall–Kier alpha value is -3.33. The van der Waals surface area contributed by atoms with Gasteiger partial charge in [0.25, 0.3) is 5.56 Å². The average Bonchev–Trinajstić information content (AvgIpc) is 3.20. The van der Waals surface area contributed by atoms with E-state index >= 15 is 0 Å². The average molecular weight is 440 g/mol. The molecule has 3 N–H and O–H groups in total. The lowest BCUT2D eigenvalue weighted by Crippen LogP contribution is -2.39. The second kappa shape index (κ2) is 9.86. The standard InChI is InChI=1S/C23H29N5O4/c1-31-13-7-12-27(15-18-17-10-5-6-11-19(17)32-26-18)20-21(24)28(23(30)25-22(20)29)14-16-8-3-2-4-9-16/h2-4,8-9H,5-7,10-15,24H2,1H3,(H,25,29,30). The Morgan fingerprint density at radius 1 is 1.22 bits per heavy atom. The van der Waals surface area contributed by atoms with Gasteiger partial charge in [0.15, 0.2) is 0 Å². The van der Waals surface area contributed by atoms with Crippen LogP contribution in [0.1, 0.15) is 41.8 Å². The summed E-state index contributed by atoms with van der Waals surface area (Å²) in [6.45, 7) is 1.70. The van der Waals surface area contributed by atoms with Crippen molar-refractivity contribution in [1.82, 2.24) is 14.7 Å². The van der Waals surface area contributed by atoms with Crippen LogP contribution in [-0.2, 0) is 30.7 Å². The molecule has 3 aromatic rings. The molecule has 0 spiro atoms. The number of nitrogens with zero attached hydrogens (tertiary/aromatic N) is 3. The molecule has 0 aliphatic heterocycles. The van der Waals surface area contributed by atoms with Crippen molar-refractivity contribution >= 4 is 11.5 Å². The number of nitrogens with two attached hydrogens (primary N) is 1. The summed E-state index contributed by atoms with van der Waals surface area (Å²) in [5.41, 5.74) is 8.51. The van der Waals surface area contributed by atoms with Crippen molar-refractivity contribution in [2.45, 2.75) is 45.2 Å². The smallest absolute Gasteiger partial charge is 0.330 e. The van der Waals surface area contributed by atoms with Gasteiger partial charge in [-0.15, -0.1) is 0 Å². The van der Waals surface area contributed by atoms with Gasteiger partial charge in [-0.3, -0.25) is 14.3 Å². The van der Waals surface area contributed by atoms with Gasteiger partial charge >= 0.3 is 5.69 Å². The van der Waals surface area contributed by atoms with Crippen molar-refractivity contribution in [3.63, 3.8) is 0 Å². The van der Waals surface area contributed by atoms with Crippen molar-refractivity contribution in [2.75, 3.05) is 30.9 Å². The lowest BCUT2D eigenvalue weighted by Gasteiger charge is -2.26. The van der Waals surface area contributed by atoms with E-state index in [0.29, 0.717) is 26.1 Å². The van der Waals surface area contributed by atoms with Crippen LogP contribution < -0.4 is 21.9 Å². The zero-order valence-corrected chi connectivity index (χ0v) is 18.3. The SMILES string of the molecule is COCCCN(Cc1noc2c1CCCC2)c1c(N)n(Cc2ccccc2)c(=O)[nH]c1=O. The largest absolute Gasteiger partial charge is 0.385 e. The molecule has 0 atom stereocenters. The number of H-pyrrole nitrogens is 1. The number of fused-ring (bicyclic) bond motifs is 1. The number of aryl methyl sites for hydroxylation is 1. The molecule has 4 rings (SSSR count). The number of benzene rings is 1. The van der Waals surface area contributed by atoms with Crippen molar-refractivity contribution in [3.05, 3.63) is 73.8 Å². The summed E-state index contributed by atoms with van der Waals surface area (Å²) in [4.78, 5) is 29.8. The normalized spacial score (nSPS) is 13.2. The van der Waals surface area contributed by atoms with Gasteiger partial charge in [0, 0.05) is 32.2 Å². The first-order chi connectivity index (χ1) is 15.6. The van der Waals surface area contributed by atoms with Crippen LogP contribution in [0.25, 0.3) is 0 Å². The first-order valence-electron chi connectivity index (χ1n) is 10.9. The fourth-order valence-corrected chi connectivity index (χ4v) is 4.23. The number of nitrogen functional groups attached to an aromatic ring is 1. The maximum atomic E-state index is 12.9. The van der Waals surface area contributed by atoms with Gasteiger partial charge in [0.1, 0.15) is 23.0 Å². The summed E-state index contributed by atoms with van der Waals surface area (Å²) >= 11 is 0. The minimum atomic E-state index is -0.532. The summed E-state index contributed by atoms with van der Waals surface area (Å²) in [5.74, 6) is 1.07. The minimum absolute atomic E-state index is 0.136. The summed E-state index contributed by atoms with van der Waals surface area (Å²) in [7, 11) is 1.64. The van der Waals surface area contributed by atoms with E-state index in [9.17, 15) is 9.59 Å². The highest BCUT2D eigenvalue weighted by molar-refractivity contribution is 5.62. The molecular formula is C23H29N5O4. The lowest BCUT2D eigenvalue weighted by atomic mass is 9.96. The molecule has 2 aromatic heterocycles. The fourth-order valence-electron chi connectivity index (χ4n) is 4.23. The van der Waals surface area contributed by atoms with Crippen LogP contribution in [0.5, 0.6) is 0 Å². The van der Waals surface area contributed by atoms with Gasteiger partial charge in [0.05, 0.1) is 13.1 Å². The highest BCUT2D eigenvalue weighted by Crippen LogP contribution is 2.27. The predicted molar refractivity (Wildman–Crippen MR) is 122 cm³/mol. The first kappa shape index (κ1) is 21.9. The summed E-state index contributed by atoms with van der Waals surface area (Å²) in [5, 5.41) is 4.29. The molecule has 0 fully saturated rings. The van der Waals surface area contributed by atoms with E-state index in [-0.39, 0.29) is 18.1 Å². The second-order valence-corrected chi connectivity index (χ2v) is 8.07. The van der Waals surface area contributed by atoms with Crippen LogP contribution in [0.3, 0.4) is 0 Å². The quantitative estimate of drug-likeness (QED) is 0.490. The van der Waals surface area contributed by atoms with Crippen LogP contribution in [-0.4, -0.2) is 35.0 Å². The molecule has 0 unspecified atom stereocenters. The number of rotatable bonds is 9. The van der Waals surface area contributed by atoms with E-state index < -0.39 is 11.2 Å². The molecule has 9 heteroatoms. The third kappa shape index (κ3) is 4.62. The molecule has 0 saturated carbocycles. The Labute approximate surface area is 185 Å². The van der Waals surface area contributed by atoms with E-state index in [4.69, 9.17) is 15.0 Å². The van der Waals surface area contributed by atoms with Gasteiger partial charge in [-0.1, -0.05) is 35.5 Å². The van der Waals surface area contributed by atoms with Crippen LogP contribution >= 0.6 is 0 Å². The highest BCUT2D eigenvalue weighted by atomic mass is 16.5. The Kier molecular flexibility index (Phi) is 6.75. The Morgan fingerprint density at radius 3 is 2.78 bits per heavy atom. The Balaban J connectivity index is 1.71. The molecule has 9 nitrogen and oxygen atoms in total. The number of hydrogen-bond donors (Lipinski definition) is 2. The third-order valence-electron chi connectivity index (χ3n) is 5.86. The van der Waals surface area contributed by atoms with E-state index in [0.717, 1.165) is 48.3 Å². The number of methoxy groups -OCH3 is 1. The van der Waals surface area contributed by atoms with E-state index in [1.165, 1.54) is 4.57 Å². The number of anilines is 2.